The Morgan fingerprint density at radius 2 is 1.65 bits per heavy atom. The number of hydrogen-bond acceptors (Lipinski definition) is 2. The van der Waals surface area contributed by atoms with Crippen molar-refractivity contribution in [3.05, 3.63) is 95.6 Å². The fraction of sp³-hybridized carbons (Fsp3) is 0.174. The van der Waals surface area contributed by atoms with E-state index in [1.54, 1.807) is 0 Å². The van der Waals surface area contributed by atoms with Crippen molar-refractivity contribution in [1.29, 1.82) is 0 Å². The third-order valence-corrected chi connectivity index (χ3v) is 4.76. The molecule has 3 nitrogen and oxygen atoms in total. The fourth-order valence-electron chi connectivity index (χ4n) is 3.34. The standard InChI is InChI=1S/C23H21NO2/c25-23(20-15-19-11-5-7-13-22(19)26-16-20)24-21-12-6-4-10-18(21)14-17-8-2-1-3-9-17/h1-13,20H,14-16H2,(H,24,25). The Labute approximate surface area is 153 Å². The highest BCUT2D eigenvalue weighted by atomic mass is 16.5. The summed E-state index contributed by atoms with van der Waals surface area (Å²) in [6, 6.07) is 26.2. The van der Waals surface area contributed by atoms with Crippen LogP contribution in [-0.2, 0) is 17.6 Å². The molecule has 3 aromatic carbocycles. The van der Waals surface area contributed by atoms with E-state index in [0.29, 0.717) is 13.0 Å². The number of ether oxygens (including phenoxy) is 1. The predicted octanol–water partition coefficient (Wildman–Crippen LogP) is 4.47. The van der Waals surface area contributed by atoms with E-state index in [1.807, 2.05) is 60.7 Å². The highest BCUT2D eigenvalue weighted by Gasteiger charge is 2.26. The zero-order chi connectivity index (χ0) is 17.8. The van der Waals surface area contributed by atoms with Crippen LogP contribution in [-0.4, -0.2) is 12.5 Å². The number of amides is 1. The minimum Gasteiger partial charge on any atom is -0.492 e. The first-order valence-electron chi connectivity index (χ1n) is 8.93. The van der Waals surface area contributed by atoms with Gasteiger partial charge in [-0.15, -0.1) is 0 Å². The largest absolute Gasteiger partial charge is 0.492 e. The van der Waals surface area contributed by atoms with Gasteiger partial charge in [-0.2, -0.15) is 0 Å². The lowest BCUT2D eigenvalue weighted by atomic mass is 9.95. The fourth-order valence-corrected chi connectivity index (χ4v) is 3.34. The van der Waals surface area contributed by atoms with Gasteiger partial charge in [0.1, 0.15) is 12.4 Å². The number of hydrogen-bond donors (Lipinski definition) is 1. The first kappa shape index (κ1) is 16.4. The molecule has 26 heavy (non-hydrogen) atoms. The van der Waals surface area contributed by atoms with Gasteiger partial charge in [-0.1, -0.05) is 66.7 Å². The van der Waals surface area contributed by atoms with Crippen LogP contribution in [0, 0.1) is 5.92 Å². The molecule has 1 aliphatic rings. The number of carbonyl (C=O) groups excluding carboxylic acids is 1. The van der Waals surface area contributed by atoms with Gasteiger partial charge in [0, 0.05) is 5.69 Å². The zero-order valence-corrected chi connectivity index (χ0v) is 14.5. The molecule has 0 aliphatic carbocycles. The zero-order valence-electron chi connectivity index (χ0n) is 14.5. The Balaban J connectivity index is 1.48. The van der Waals surface area contributed by atoms with Gasteiger partial charge in [0.15, 0.2) is 0 Å². The van der Waals surface area contributed by atoms with Crippen LogP contribution in [0.5, 0.6) is 5.75 Å². The first-order chi connectivity index (χ1) is 12.8. The van der Waals surface area contributed by atoms with Crippen molar-refractivity contribution in [2.24, 2.45) is 5.92 Å². The molecule has 1 aliphatic heterocycles. The molecule has 1 heterocycles. The Kier molecular flexibility index (Phi) is 4.69. The van der Waals surface area contributed by atoms with E-state index in [-0.39, 0.29) is 11.8 Å². The van der Waals surface area contributed by atoms with Crippen LogP contribution in [0.1, 0.15) is 16.7 Å². The number of anilines is 1. The molecule has 4 rings (SSSR count). The topological polar surface area (TPSA) is 38.3 Å². The highest BCUT2D eigenvalue weighted by Crippen LogP contribution is 2.28. The van der Waals surface area contributed by atoms with Crippen molar-refractivity contribution < 1.29 is 9.53 Å². The molecule has 0 fully saturated rings. The van der Waals surface area contributed by atoms with Crippen LogP contribution >= 0.6 is 0 Å². The van der Waals surface area contributed by atoms with E-state index >= 15 is 0 Å². The van der Waals surface area contributed by atoms with E-state index < -0.39 is 0 Å². The van der Waals surface area contributed by atoms with E-state index in [9.17, 15) is 4.79 Å². The van der Waals surface area contributed by atoms with Gasteiger partial charge in [-0.3, -0.25) is 4.79 Å². The van der Waals surface area contributed by atoms with Crippen LogP contribution in [0.4, 0.5) is 5.69 Å². The van der Waals surface area contributed by atoms with Crippen molar-refractivity contribution in [3.8, 4) is 5.75 Å². The third-order valence-electron chi connectivity index (χ3n) is 4.76. The second kappa shape index (κ2) is 7.44. The first-order valence-corrected chi connectivity index (χ1v) is 8.93. The molecule has 0 saturated carbocycles. The average Bonchev–Trinajstić information content (AvgIpc) is 2.70. The summed E-state index contributed by atoms with van der Waals surface area (Å²) in [4.78, 5) is 12.8. The van der Waals surface area contributed by atoms with Crippen molar-refractivity contribution in [3.63, 3.8) is 0 Å². The van der Waals surface area contributed by atoms with Gasteiger partial charge in [-0.25, -0.2) is 0 Å². The number of rotatable bonds is 4. The van der Waals surface area contributed by atoms with Crippen LogP contribution in [0.25, 0.3) is 0 Å². The maximum atomic E-state index is 12.8. The summed E-state index contributed by atoms with van der Waals surface area (Å²) in [6.07, 6.45) is 1.50. The van der Waals surface area contributed by atoms with Gasteiger partial charge in [0.05, 0.1) is 5.92 Å². The molecule has 1 atom stereocenters. The van der Waals surface area contributed by atoms with Crippen molar-refractivity contribution >= 4 is 11.6 Å². The summed E-state index contributed by atoms with van der Waals surface area (Å²) in [5.74, 6) is 0.732. The summed E-state index contributed by atoms with van der Waals surface area (Å²) in [5, 5.41) is 3.11. The molecule has 130 valence electrons. The molecule has 0 spiro atoms. The number of fused-ring (bicyclic) bond motifs is 1. The van der Waals surface area contributed by atoms with Crippen molar-refractivity contribution in [1.82, 2.24) is 0 Å². The highest BCUT2D eigenvalue weighted by molar-refractivity contribution is 5.93. The van der Waals surface area contributed by atoms with E-state index in [4.69, 9.17) is 4.74 Å². The summed E-state index contributed by atoms with van der Waals surface area (Å²) in [6.45, 7) is 0.420. The lowest BCUT2D eigenvalue weighted by molar-refractivity contribution is -0.121. The van der Waals surface area contributed by atoms with Gasteiger partial charge in [0.2, 0.25) is 5.91 Å². The summed E-state index contributed by atoms with van der Waals surface area (Å²) in [5.41, 5.74) is 4.31. The number of para-hydroxylation sites is 2. The van der Waals surface area contributed by atoms with Gasteiger partial charge in [0.25, 0.3) is 0 Å². The molecule has 0 saturated heterocycles. The smallest absolute Gasteiger partial charge is 0.231 e. The molecule has 1 amide bonds. The predicted molar refractivity (Wildman–Crippen MR) is 103 cm³/mol. The lowest BCUT2D eigenvalue weighted by Gasteiger charge is -2.25. The normalized spacial score (nSPS) is 15.6. The molecule has 0 aromatic heterocycles. The second-order valence-electron chi connectivity index (χ2n) is 6.63. The monoisotopic (exact) mass is 343 g/mol. The van der Waals surface area contributed by atoms with Gasteiger partial charge in [-0.05, 0) is 41.7 Å². The Hall–Kier alpha value is -3.07. The van der Waals surface area contributed by atoms with E-state index in [2.05, 4.69) is 23.5 Å². The van der Waals surface area contributed by atoms with E-state index in [0.717, 1.165) is 29.0 Å². The Morgan fingerprint density at radius 1 is 0.923 bits per heavy atom. The molecule has 1 unspecified atom stereocenters. The SMILES string of the molecule is O=C(Nc1ccccc1Cc1ccccc1)C1COc2ccccc2C1. The van der Waals surface area contributed by atoms with Crippen molar-refractivity contribution in [2.75, 3.05) is 11.9 Å². The molecule has 0 radical (unpaired) electrons. The number of benzene rings is 3. The maximum Gasteiger partial charge on any atom is 0.231 e. The average molecular weight is 343 g/mol. The minimum absolute atomic E-state index is 0.0139. The summed E-state index contributed by atoms with van der Waals surface area (Å²) >= 11 is 0. The lowest BCUT2D eigenvalue weighted by Crippen LogP contribution is -2.32. The molecule has 3 heteroatoms. The van der Waals surface area contributed by atoms with E-state index in [1.165, 1.54) is 5.56 Å². The van der Waals surface area contributed by atoms with Crippen LogP contribution in [0.15, 0.2) is 78.9 Å². The molecule has 1 N–H and O–H groups in total. The van der Waals surface area contributed by atoms with Crippen LogP contribution in [0.3, 0.4) is 0 Å². The molecule has 3 aromatic rings. The Bertz CT molecular complexity index is 905. The molecular formula is C23H21NO2. The maximum absolute atomic E-state index is 12.8. The summed E-state index contributed by atoms with van der Waals surface area (Å²) in [7, 11) is 0. The van der Waals surface area contributed by atoms with Crippen LogP contribution in [0.2, 0.25) is 0 Å². The van der Waals surface area contributed by atoms with Gasteiger partial charge < -0.3 is 10.1 Å². The third kappa shape index (κ3) is 3.62. The summed E-state index contributed by atoms with van der Waals surface area (Å²) < 4.78 is 5.76. The molecule has 0 bridgehead atoms. The minimum atomic E-state index is -0.172. The quantitative estimate of drug-likeness (QED) is 0.759. The van der Waals surface area contributed by atoms with Crippen molar-refractivity contribution in [2.45, 2.75) is 12.8 Å². The Morgan fingerprint density at radius 3 is 2.54 bits per heavy atom. The second-order valence-corrected chi connectivity index (χ2v) is 6.63. The van der Waals surface area contributed by atoms with Gasteiger partial charge >= 0.3 is 0 Å². The number of nitrogens with one attached hydrogen (secondary N) is 1. The molecular weight excluding hydrogens is 322 g/mol. The van der Waals surface area contributed by atoms with Crippen LogP contribution < -0.4 is 10.1 Å². The number of carbonyl (C=O) groups is 1.